The third-order valence-corrected chi connectivity index (χ3v) is 4.90. The van der Waals surface area contributed by atoms with Gasteiger partial charge in [-0.05, 0) is 50.1 Å². The number of hydrogen-bond acceptors (Lipinski definition) is 4. The summed E-state index contributed by atoms with van der Waals surface area (Å²) in [6, 6.07) is 13.1. The van der Waals surface area contributed by atoms with E-state index in [0.29, 0.717) is 12.0 Å². The maximum absolute atomic E-state index is 13.0. The number of ether oxygens (including phenoxy) is 1. The van der Waals surface area contributed by atoms with Gasteiger partial charge in [-0.1, -0.05) is 36.2 Å². The maximum atomic E-state index is 13.0. The van der Waals surface area contributed by atoms with Crippen LogP contribution in [-0.4, -0.2) is 34.5 Å². The molecule has 0 radical (unpaired) electrons. The Morgan fingerprint density at radius 2 is 1.83 bits per heavy atom. The lowest BCUT2D eigenvalue weighted by molar-refractivity contribution is 0.0915. The second kappa shape index (κ2) is 8.92. The Bertz CT molecular complexity index is 973. The molecule has 6 nitrogen and oxygen atoms in total. The molecule has 3 rings (SSSR count). The van der Waals surface area contributed by atoms with Gasteiger partial charge in [-0.25, -0.2) is 4.68 Å². The van der Waals surface area contributed by atoms with E-state index in [2.05, 4.69) is 16.5 Å². The zero-order valence-corrected chi connectivity index (χ0v) is 17.3. The number of rotatable bonds is 7. The van der Waals surface area contributed by atoms with E-state index in [1.165, 1.54) is 0 Å². The van der Waals surface area contributed by atoms with Crippen molar-refractivity contribution < 1.29 is 14.6 Å². The summed E-state index contributed by atoms with van der Waals surface area (Å²) in [4.78, 5) is 13.0. The Hall–Kier alpha value is -3.12. The van der Waals surface area contributed by atoms with Crippen LogP contribution in [0.25, 0.3) is 5.69 Å². The number of aryl methyl sites for hydroxylation is 2. The van der Waals surface area contributed by atoms with E-state index in [0.717, 1.165) is 33.8 Å². The van der Waals surface area contributed by atoms with Gasteiger partial charge in [0, 0.05) is 0 Å². The highest BCUT2D eigenvalue weighted by Crippen LogP contribution is 2.21. The number of benzene rings is 2. The molecule has 0 aliphatic rings. The standard InChI is InChI=1S/C23H27N3O3/c1-5-22-20(13-24-26(22)18-6-8-19(29-4)9-7-18)23(28)25-21(14-27)17-11-15(2)10-16(3)12-17/h6-13,21,27H,5,14H2,1-4H3,(H,25,28). The van der Waals surface area contributed by atoms with Gasteiger partial charge in [0.25, 0.3) is 5.91 Å². The van der Waals surface area contributed by atoms with Gasteiger partial charge in [0.05, 0.1) is 42.9 Å². The van der Waals surface area contributed by atoms with E-state index in [-0.39, 0.29) is 12.5 Å². The molecule has 6 heteroatoms. The molecule has 1 atom stereocenters. The number of amides is 1. The molecule has 2 N–H and O–H groups in total. The molecule has 1 aromatic heterocycles. The molecule has 0 fully saturated rings. The summed E-state index contributed by atoms with van der Waals surface area (Å²) in [6.45, 7) is 5.81. The zero-order valence-electron chi connectivity index (χ0n) is 17.3. The first-order valence-corrected chi connectivity index (χ1v) is 9.68. The van der Waals surface area contributed by atoms with Gasteiger partial charge in [0.15, 0.2) is 0 Å². The fraction of sp³-hybridized carbons (Fsp3) is 0.304. The summed E-state index contributed by atoms with van der Waals surface area (Å²) in [5.74, 6) is 0.510. The van der Waals surface area contributed by atoms with Crippen molar-refractivity contribution in [3.8, 4) is 11.4 Å². The van der Waals surface area contributed by atoms with Crippen LogP contribution in [0.4, 0.5) is 0 Å². The summed E-state index contributed by atoms with van der Waals surface area (Å²) in [6.07, 6.45) is 2.22. The van der Waals surface area contributed by atoms with Crippen LogP contribution in [0.15, 0.2) is 48.7 Å². The highest BCUT2D eigenvalue weighted by Gasteiger charge is 2.21. The van der Waals surface area contributed by atoms with Crippen molar-refractivity contribution in [3.63, 3.8) is 0 Å². The van der Waals surface area contributed by atoms with Gasteiger partial charge in [0.1, 0.15) is 5.75 Å². The van der Waals surface area contributed by atoms with Crippen molar-refractivity contribution in [1.29, 1.82) is 0 Å². The van der Waals surface area contributed by atoms with Gasteiger partial charge in [-0.15, -0.1) is 0 Å². The molecule has 29 heavy (non-hydrogen) atoms. The minimum absolute atomic E-state index is 0.178. The van der Waals surface area contributed by atoms with E-state index in [9.17, 15) is 9.90 Å². The molecule has 0 aliphatic carbocycles. The maximum Gasteiger partial charge on any atom is 0.255 e. The SMILES string of the molecule is CCc1c(C(=O)NC(CO)c2cc(C)cc(C)c2)cnn1-c1ccc(OC)cc1. The van der Waals surface area contributed by atoms with Gasteiger partial charge in [-0.2, -0.15) is 5.10 Å². The molecule has 1 amide bonds. The Balaban J connectivity index is 1.87. The number of hydrogen-bond donors (Lipinski definition) is 2. The molecule has 0 saturated carbocycles. The van der Waals surface area contributed by atoms with Crippen LogP contribution in [-0.2, 0) is 6.42 Å². The number of aliphatic hydroxyl groups is 1. The lowest BCUT2D eigenvalue weighted by Crippen LogP contribution is -2.31. The van der Waals surface area contributed by atoms with Crippen LogP contribution in [0, 0.1) is 13.8 Å². The Kier molecular flexibility index (Phi) is 6.34. The number of nitrogens with zero attached hydrogens (tertiary/aromatic N) is 2. The van der Waals surface area contributed by atoms with Gasteiger partial charge in [-0.3, -0.25) is 4.79 Å². The third-order valence-electron chi connectivity index (χ3n) is 4.90. The predicted octanol–water partition coefficient (Wildman–Crippen LogP) is 3.52. The molecular weight excluding hydrogens is 366 g/mol. The Labute approximate surface area is 171 Å². The average molecular weight is 393 g/mol. The largest absolute Gasteiger partial charge is 0.497 e. The van der Waals surface area contributed by atoms with Crippen molar-refractivity contribution in [1.82, 2.24) is 15.1 Å². The molecule has 0 spiro atoms. The van der Waals surface area contributed by atoms with Crippen molar-refractivity contribution in [2.45, 2.75) is 33.2 Å². The number of methoxy groups -OCH3 is 1. The van der Waals surface area contributed by atoms with Crippen molar-refractivity contribution in [2.24, 2.45) is 0 Å². The lowest BCUT2D eigenvalue weighted by atomic mass is 10.0. The van der Waals surface area contributed by atoms with Crippen LogP contribution in [0.2, 0.25) is 0 Å². The number of aromatic nitrogens is 2. The molecule has 0 bridgehead atoms. The second-order valence-corrected chi connectivity index (χ2v) is 7.10. The fourth-order valence-corrected chi connectivity index (χ4v) is 3.53. The first kappa shape index (κ1) is 20.6. The van der Waals surface area contributed by atoms with Crippen LogP contribution in [0.5, 0.6) is 5.75 Å². The third kappa shape index (κ3) is 4.49. The number of aliphatic hydroxyl groups excluding tert-OH is 1. The normalized spacial score (nSPS) is 11.9. The Morgan fingerprint density at radius 3 is 2.38 bits per heavy atom. The van der Waals surface area contributed by atoms with Crippen LogP contribution in [0.3, 0.4) is 0 Å². The quantitative estimate of drug-likeness (QED) is 0.644. The van der Waals surface area contributed by atoms with E-state index in [1.807, 2.05) is 57.2 Å². The fourth-order valence-electron chi connectivity index (χ4n) is 3.53. The monoisotopic (exact) mass is 393 g/mol. The van der Waals surface area contributed by atoms with E-state index in [1.54, 1.807) is 18.0 Å². The second-order valence-electron chi connectivity index (χ2n) is 7.10. The Morgan fingerprint density at radius 1 is 1.17 bits per heavy atom. The molecule has 1 unspecified atom stereocenters. The van der Waals surface area contributed by atoms with E-state index in [4.69, 9.17) is 4.74 Å². The molecule has 2 aromatic carbocycles. The smallest absolute Gasteiger partial charge is 0.255 e. The van der Waals surface area contributed by atoms with Gasteiger partial charge < -0.3 is 15.2 Å². The highest BCUT2D eigenvalue weighted by molar-refractivity contribution is 5.95. The first-order valence-electron chi connectivity index (χ1n) is 9.68. The van der Waals surface area contributed by atoms with Crippen LogP contribution < -0.4 is 10.1 Å². The lowest BCUT2D eigenvalue weighted by Gasteiger charge is -2.18. The van der Waals surface area contributed by atoms with E-state index >= 15 is 0 Å². The van der Waals surface area contributed by atoms with Gasteiger partial charge in [0.2, 0.25) is 0 Å². The van der Waals surface area contributed by atoms with Gasteiger partial charge >= 0.3 is 0 Å². The minimum atomic E-state index is -0.477. The summed E-state index contributed by atoms with van der Waals surface area (Å²) in [5, 5.41) is 17.2. The molecule has 1 heterocycles. The average Bonchev–Trinajstić information content (AvgIpc) is 3.15. The van der Waals surface area contributed by atoms with Crippen LogP contribution >= 0.6 is 0 Å². The highest BCUT2D eigenvalue weighted by atomic mass is 16.5. The zero-order chi connectivity index (χ0) is 21.0. The minimum Gasteiger partial charge on any atom is -0.497 e. The number of nitrogens with one attached hydrogen (secondary N) is 1. The van der Waals surface area contributed by atoms with E-state index < -0.39 is 6.04 Å². The van der Waals surface area contributed by atoms with Crippen molar-refractivity contribution >= 4 is 5.91 Å². The molecule has 0 aliphatic heterocycles. The number of carbonyl (C=O) groups excluding carboxylic acids is 1. The molecule has 152 valence electrons. The number of carbonyl (C=O) groups is 1. The first-order chi connectivity index (χ1) is 14.0. The summed E-state index contributed by atoms with van der Waals surface area (Å²) >= 11 is 0. The summed E-state index contributed by atoms with van der Waals surface area (Å²) < 4.78 is 6.97. The van der Waals surface area contributed by atoms with Crippen LogP contribution in [0.1, 0.15) is 45.7 Å². The molecule has 0 saturated heterocycles. The summed E-state index contributed by atoms with van der Waals surface area (Å²) in [7, 11) is 1.62. The molecular formula is C23H27N3O3. The summed E-state index contributed by atoms with van der Waals surface area (Å²) in [5.41, 5.74) is 5.24. The van der Waals surface area contributed by atoms with Crippen molar-refractivity contribution in [2.75, 3.05) is 13.7 Å². The van der Waals surface area contributed by atoms with Crippen molar-refractivity contribution in [3.05, 3.63) is 76.6 Å². The predicted molar refractivity (Wildman–Crippen MR) is 113 cm³/mol. The molecule has 3 aromatic rings. The topological polar surface area (TPSA) is 76.4 Å².